The Hall–Kier alpha value is -2.81. The summed E-state index contributed by atoms with van der Waals surface area (Å²) in [6.07, 6.45) is 3.86. The molecule has 1 atom stereocenters. The lowest BCUT2D eigenvalue weighted by Gasteiger charge is -2.13. The highest BCUT2D eigenvalue weighted by Crippen LogP contribution is 2.38. The second-order valence-corrected chi connectivity index (χ2v) is 7.39. The fourth-order valence-electron chi connectivity index (χ4n) is 3.47. The minimum absolute atomic E-state index is 0.133. The second-order valence-electron chi connectivity index (χ2n) is 6.60. The molecule has 144 valence electrons. The number of anilines is 2. The van der Waals surface area contributed by atoms with E-state index in [4.69, 9.17) is 4.55 Å². The first kappa shape index (κ1) is 18.5. The smallest absolute Gasteiger partial charge is 0.232 e. The van der Waals surface area contributed by atoms with Gasteiger partial charge in [0.25, 0.3) is 0 Å². The van der Waals surface area contributed by atoms with Gasteiger partial charge >= 0.3 is 0 Å². The number of para-hydroxylation sites is 1. The summed E-state index contributed by atoms with van der Waals surface area (Å²) >= 11 is -2.10. The molecule has 28 heavy (non-hydrogen) atoms. The molecule has 2 aromatic heterocycles. The molecule has 0 radical (unpaired) electrons. The van der Waals surface area contributed by atoms with Gasteiger partial charge in [0.15, 0.2) is 5.78 Å². The number of rotatable bonds is 6. The Labute approximate surface area is 165 Å². The quantitative estimate of drug-likeness (QED) is 0.477. The van der Waals surface area contributed by atoms with Crippen molar-refractivity contribution in [3.8, 4) is 11.3 Å². The third kappa shape index (κ3) is 3.89. The first-order chi connectivity index (χ1) is 13.6. The molecule has 0 spiro atoms. The van der Waals surface area contributed by atoms with Gasteiger partial charge in [-0.05, 0) is 37.1 Å². The van der Waals surface area contributed by atoms with Crippen LogP contribution in [0.15, 0.2) is 48.7 Å². The van der Waals surface area contributed by atoms with Gasteiger partial charge in [0.05, 0.1) is 29.2 Å². The van der Waals surface area contributed by atoms with Crippen molar-refractivity contribution in [1.82, 2.24) is 14.7 Å². The number of nitrogens with zero attached hydrogens (tertiary/aromatic N) is 1. The molecular formula is C20H20N4O3S. The van der Waals surface area contributed by atoms with Gasteiger partial charge in [-0.25, -0.2) is 8.93 Å². The summed E-state index contributed by atoms with van der Waals surface area (Å²) in [7, 11) is 0. The van der Waals surface area contributed by atoms with E-state index in [9.17, 15) is 9.00 Å². The highest BCUT2D eigenvalue weighted by molar-refractivity contribution is 7.77. The van der Waals surface area contributed by atoms with Crippen LogP contribution in [0.2, 0.25) is 0 Å². The SMILES string of the molecule is O=C1CCCc2[nH]c(-c3ccnc(CNS(=O)O)c3)c(Nc3ccccc3)c21. The predicted molar refractivity (Wildman–Crippen MR) is 109 cm³/mol. The summed E-state index contributed by atoms with van der Waals surface area (Å²) in [6.45, 7) is 0.164. The number of hydrogen-bond acceptors (Lipinski definition) is 4. The van der Waals surface area contributed by atoms with Gasteiger partial charge < -0.3 is 10.3 Å². The Bertz CT molecular complexity index is 1030. The number of aryl methyl sites for hydroxylation is 1. The summed E-state index contributed by atoms with van der Waals surface area (Å²) in [6, 6.07) is 13.4. The van der Waals surface area contributed by atoms with Crippen molar-refractivity contribution < 1.29 is 13.6 Å². The number of fused-ring (bicyclic) bond motifs is 1. The Morgan fingerprint density at radius 1 is 1.18 bits per heavy atom. The van der Waals surface area contributed by atoms with Crippen LogP contribution in [0.5, 0.6) is 0 Å². The van der Waals surface area contributed by atoms with Crippen LogP contribution in [0.1, 0.15) is 34.6 Å². The molecule has 3 aromatic rings. The fraction of sp³-hybridized carbons (Fsp3) is 0.200. The summed E-state index contributed by atoms with van der Waals surface area (Å²) in [5.74, 6) is 0.133. The molecule has 0 saturated heterocycles. The predicted octanol–water partition coefficient (Wildman–Crippen LogP) is 3.57. The molecule has 4 rings (SSSR count). The molecule has 4 N–H and O–H groups in total. The lowest BCUT2D eigenvalue weighted by atomic mass is 9.95. The lowest BCUT2D eigenvalue weighted by molar-refractivity contribution is 0.0973. The summed E-state index contributed by atoms with van der Waals surface area (Å²) < 4.78 is 22.2. The van der Waals surface area contributed by atoms with E-state index in [1.54, 1.807) is 6.20 Å². The molecule has 2 heterocycles. The zero-order valence-corrected chi connectivity index (χ0v) is 15.9. The van der Waals surface area contributed by atoms with E-state index < -0.39 is 11.3 Å². The van der Waals surface area contributed by atoms with E-state index in [1.807, 2.05) is 42.5 Å². The number of H-pyrrole nitrogens is 1. The van der Waals surface area contributed by atoms with Crippen molar-refractivity contribution in [2.24, 2.45) is 0 Å². The summed E-state index contributed by atoms with van der Waals surface area (Å²) in [5, 5.41) is 3.40. The van der Waals surface area contributed by atoms with E-state index in [-0.39, 0.29) is 12.3 Å². The van der Waals surface area contributed by atoms with Crippen molar-refractivity contribution >= 4 is 28.4 Å². The monoisotopic (exact) mass is 396 g/mol. The molecule has 1 aromatic carbocycles. The molecule has 1 aliphatic rings. The van der Waals surface area contributed by atoms with Gasteiger partial charge in [0, 0.05) is 29.6 Å². The largest absolute Gasteiger partial charge is 0.356 e. The third-order valence-electron chi connectivity index (χ3n) is 4.71. The molecule has 0 amide bonds. The molecule has 1 unspecified atom stereocenters. The number of Topliss-reactive ketones (excluding diaryl/α,β-unsaturated/α-hetero) is 1. The van der Waals surface area contributed by atoms with E-state index in [1.165, 1.54) is 0 Å². The summed E-state index contributed by atoms with van der Waals surface area (Å²) in [4.78, 5) is 20.3. The minimum atomic E-state index is -2.10. The lowest BCUT2D eigenvalue weighted by Crippen LogP contribution is -2.16. The number of hydrogen-bond donors (Lipinski definition) is 4. The number of ketones is 1. The van der Waals surface area contributed by atoms with Crippen LogP contribution in [0.4, 0.5) is 11.4 Å². The number of aromatic nitrogens is 2. The van der Waals surface area contributed by atoms with E-state index >= 15 is 0 Å². The molecule has 0 bridgehead atoms. The zero-order chi connectivity index (χ0) is 19.5. The normalized spacial score (nSPS) is 14.5. The minimum Gasteiger partial charge on any atom is -0.356 e. The topological polar surface area (TPSA) is 107 Å². The third-order valence-corrected chi connectivity index (χ3v) is 5.10. The van der Waals surface area contributed by atoms with Gasteiger partial charge in [-0.3, -0.25) is 14.3 Å². The van der Waals surface area contributed by atoms with Crippen molar-refractivity contribution in [2.45, 2.75) is 25.8 Å². The molecule has 0 saturated carbocycles. The van der Waals surface area contributed by atoms with Crippen LogP contribution >= 0.6 is 0 Å². The number of aromatic amines is 1. The van der Waals surface area contributed by atoms with Crippen LogP contribution in [-0.4, -0.2) is 24.5 Å². The zero-order valence-electron chi connectivity index (χ0n) is 15.1. The molecule has 7 nitrogen and oxygen atoms in total. The number of pyridine rings is 1. The Balaban J connectivity index is 1.77. The first-order valence-corrected chi connectivity index (χ1v) is 10.1. The number of carbonyl (C=O) groups excluding carboxylic acids is 1. The Morgan fingerprint density at radius 2 is 2.00 bits per heavy atom. The van der Waals surface area contributed by atoms with Gasteiger partial charge in [-0.2, -0.15) is 0 Å². The van der Waals surface area contributed by atoms with Crippen LogP contribution in [0, 0.1) is 0 Å². The van der Waals surface area contributed by atoms with Gasteiger partial charge in [-0.15, -0.1) is 0 Å². The molecule has 0 fully saturated rings. The maximum Gasteiger partial charge on any atom is 0.232 e. The van der Waals surface area contributed by atoms with Crippen LogP contribution in [-0.2, 0) is 24.2 Å². The number of benzene rings is 1. The average Bonchev–Trinajstić information content (AvgIpc) is 3.07. The Kier molecular flexibility index (Phi) is 5.34. The van der Waals surface area contributed by atoms with E-state index in [2.05, 4.69) is 20.0 Å². The molecule has 8 heteroatoms. The highest BCUT2D eigenvalue weighted by Gasteiger charge is 2.27. The second kappa shape index (κ2) is 8.05. The Morgan fingerprint density at radius 3 is 2.79 bits per heavy atom. The molecule has 0 aliphatic heterocycles. The number of nitrogens with one attached hydrogen (secondary N) is 3. The van der Waals surface area contributed by atoms with Crippen molar-refractivity contribution in [3.05, 3.63) is 65.6 Å². The van der Waals surface area contributed by atoms with Crippen LogP contribution in [0.25, 0.3) is 11.3 Å². The maximum atomic E-state index is 12.6. The average molecular weight is 396 g/mol. The first-order valence-electron chi connectivity index (χ1n) is 9.01. The summed E-state index contributed by atoms with van der Waals surface area (Å²) in [5.41, 5.74) is 5.63. The molecular weight excluding hydrogens is 376 g/mol. The van der Waals surface area contributed by atoms with Crippen LogP contribution < -0.4 is 10.0 Å². The standard InChI is InChI=1S/C20H20N4O3S/c25-17-8-4-7-16-18(17)20(23-14-5-2-1-3-6-14)19(24-16)13-9-10-21-15(11-13)12-22-28(26)27/h1-3,5-6,9-11,22-24H,4,7-8,12H2,(H,26,27). The molecule has 1 aliphatic carbocycles. The number of carbonyl (C=O) groups is 1. The van der Waals surface area contributed by atoms with Crippen molar-refractivity contribution in [2.75, 3.05) is 5.32 Å². The van der Waals surface area contributed by atoms with E-state index in [0.29, 0.717) is 12.1 Å². The van der Waals surface area contributed by atoms with E-state index in [0.717, 1.165) is 46.7 Å². The highest BCUT2D eigenvalue weighted by atomic mass is 32.2. The van der Waals surface area contributed by atoms with Gasteiger partial charge in [-0.1, -0.05) is 18.2 Å². The van der Waals surface area contributed by atoms with Crippen molar-refractivity contribution in [1.29, 1.82) is 0 Å². The maximum absolute atomic E-state index is 12.6. The fourth-order valence-corrected chi connectivity index (χ4v) is 3.74. The van der Waals surface area contributed by atoms with Gasteiger partial charge in [0.1, 0.15) is 0 Å². The van der Waals surface area contributed by atoms with Crippen LogP contribution in [0.3, 0.4) is 0 Å². The van der Waals surface area contributed by atoms with Gasteiger partial charge in [0.2, 0.25) is 11.3 Å². The van der Waals surface area contributed by atoms with Crippen molar-refractivity contribution in [3.63, 3.8) is 0 Å².